The van der Waals surface area contributed by atoms with Gasteiger partial charge in [0, 0.05) is 13.2 Å². The largest absolute Gasteiger partial charge is 0.465 e. The van der Waals surface area contributed by atoms with E-state index in [-0.39, 0.29) is 12.0 Å². The van der Waals surface area contributed by atoms with Gasteiger partial charge in [0.2, 0.25) is 0 Å². The van der Waals surface area contributed by atoms with E-state index in [1.165, 1.54) is 0 Å². The number of aliphatic hydroxyl groups excluding tert-OH is 1. The summed E-state index contributed by atoms with van der Waals surface area (Å²) in [5.41, 5.74) is -0.555. The van der Waals surface area contributed by atoms with Crippen molar-refractivity contribution >= 4 is 6.09 Å². The van der Waals surface area contributed by atoms with Crippen LogP contribution in [0.3, 0.4) is 0 Å². The molecule has 4 nitrogen and oxygen atoms in total. The Kier molecular flexibility index (Phi) is 3.84. The predicted octanol–water partition coefficient (Wildman–Crippen LogP) is 2.32. The van der Waals surface area contributed by atoms with E-state index in [9.17, 15) is 15.0 Å². The van der Waals surface area contributed by atoms with Crippen LogP contribution in [0.2, 0.25) is 0 Å². The minimum Gasteiger partial charge on any atom is -0.465 e. The number of carboxylic acid groups (broad SMARTS) is 1. The van der Waals surface area contributed by atoms with E-state index in [4.69, 9.17) is 0 Å². The fraction of sp³-hybridized carbons (Fsp3) is 0.917. The van der Waals surface area contributed by atoms with E-state index in [2.05, 4.69) is 20.8 Å². The molecule has 94 valence electrons. The van der Waals surface area contributed by atoms with Crippen molar-refractivity contribution < 1.29 is 15.0 Å². The Morgan fingerprint density at radius 2 is 2.00 bits per heavy atom. The van der Waals surface area contributed by atoms with Gasteiger partial charge in [-0.25, -0.2) is 4.79 Å². The summed E-state index contributed by atoms with van der Waals surface area (Å²) in [7, 11) is 0. The quantitative estimate of drug-likeness (QED) is 0.764. The highest BCUT2D eigenvalue weighted by molar-refractivity contribution is 5.66. The highest BCUT2D eigenvalue weighted by Crippen LogP contribution is 2.44. The zero-order valence-electron chi connectivity index (χ0n) is 10.5. The molecule has 1 saturated heterocycles. The molecule has 1 fully saturated rings. The normalized spacial score (nSPS) is 26.9. The van der Waals surface area contributed by atoms with Crippen molar-refractivity contribution in [3.8, 4) is 0 Å². The first-order valence-corrected chi connectivity index (χ1v) is 5.96. The van der Waals surface area contributed by atoms with Gasteiger partial charge in [-0.15, -0.1) is 0 Å². The first kappa shape index (κ1) is 13.3. The van der Waals surface area contributed by atoms with Gasteiger partial charge >= 0.3 is 6.09 Å². The second-order valence-corrected chi connectivity index (χ2v) is 5.65. The van der Waals surface area contributed by atoms with E-state index in [1.54, 1.807) is 4.90 Å². The average molecular weight is 229 g/mol. The number of piperidine rings is 1. The maximum absolute atomic E-state index is 11.3. The third-order valence-corrected chi connectivity index (χ3v) is 3.89. The van der Waals surface area contributed by atoms with Crippen LogP contribution >= 0.6 is 0 Å². The lowest BCUT2D eigenvalue weighted by Crippen LogP contribution is -2.61. The number of likely N-dealkylation sites (tertiary alicyclic amines) is 1. The predicted molar refractivity (Wildman–Crippen MR) is 62.5 cm³/mol. The molecule has 0 unspecified atom stereocenters. The van der Waals surface area contributed by atoms with Crippen LogP contribution in [-0.2, 0) is 0 Å². The molecule has 1 atom stereocenters. The van der Waals surface area contributed by atoms with Crippen LogP contribution in [0.1, 0.15) is 46.5 Å². The Bertz CT molecular complexity index is 255. The molecule has 1 rings (SSSR count). The molecule has 1 aliphatic heterocycles. The molecule has 1 amide bonds. The number of hydrogen-bond donors (Lipinski definition) is 2. The highest BCUT2D eigenvalue weighted by atomic mass is 16.4. The summed E-state index contributed by atoms with van der Waals surface area (Å²) in [5, 5.41) is 18.5. The second kappa shape index (κ2) is 4.62. The summed E-state index contributed by atoms with van der Waals surface area (Å²) >= 11 is 0. The van der Waals surface area contributed by atoms with E-state index < -0.39 is 11.6 Å². The minimum absolute atomic E-state index is 0.0427. The van der Waals surface area contributed by atoms with Gasteiger partial charge in [-0.2, -0.15) is 0 Å². The van der Waals surface area contributed by atoms with E-state index in [0.29, 0.717) is 13.0 Å². The molecule has 1 aliphatic rings. The van der Waals surface area contributed by atoms with Crippen molar-refractivity contribution in [2.45, 2.75) is 52.0 Å². The van der Waals surface area contributed by atoms with Crippen LogP contribution in [0, 0.1) is 5.41 Å². The average Bonchev–Trinajstić information content (AvgIpc) is 2.16. The van der Waals surface area contributed by atoms with Gasteiger partial charge in [-0.1, -0.05) is 20.8 Å². The molecule has 2 N–H and O–H groups in total. The smallest absolute Gasteiger partial charge is 0.407 e. The molecule has 0 aromatic heterocycles. The van der Waals surface area contributed by atoms with Crippen molar-refractivity contribution in [1.82, 2.24) is 4.90 Å². The number of carbonyl (C=O) groups is 1. The lowest BCUT2D eigenvalue weighted by Gasteiger charge is -2.53. The molecule has 1 heterocycles. The fourth-order valence-corrected chi connectivity index (χ4v) is 2.91. The van der Waals surface area contributed by atoms with Crippen LogP contribution in [0.15, 0.2) is 0 Å². The maximum atomic E-state index is 11.3. The van der Waals surface area contributed by atoms with Gasteiger partial charge < -0.3 is 15.1 Å². The maximum Gasteiger partial charge on any atom is 0.407 e. The van der Waals surface area contributed by atoms with Crippen molar-refractivity contribution in [3.63, 3.8) is 0 Å². The SMILES string of the molecule is CC(C)(C)[C@@]1(CCO)CCCCN1C(=O)O. The molecular weight excluding hydrogens is 206 g/mol. The van der Waals surface area contributed by atoms with Gasteiger partial charge in [-0.05, 0) is 31.1 Å². The standard InChI is InChI=1S/C12H23NO3/c1-11(2,3)12(7-9-14)6-4-5-8-13(12)10(15)16/h14H,4-9H2,1-3H3,(H,15,16)/t12-/m0/s1. The summed E-state index contributed by atoms with van der Waals surface area (Å²) in [4.78, 5) is 12.9. The fourth-order valence-electron chi connectivity index (χ4n) is 2.91. The summed E-state index contributed by atoms with van der Waals surface area (Å²) < 4.78 is 0. The Morgan fingerprint density at radius 3 is 2.44 bits per heavy atom. The molecule has 0 radical (unpaired) electrons. The Hall–Kier alpha value is -0.770. The van der Waals surface area contributed by atoms with E-state index >= 15 is 0 Å². The van der Waals surface area contributed by atoms with Gasteiger partial charge in [0.1, 0.15) is 0 Å². The molecule has 0 aromatic rings. The minimum atomic E-state index is -0.858. The molecular formula is C12H23NO3. The lowest BCUT2D eigenvalue weighted by atomic mass is 9.66. The first-order valence-electron chi connectivity index (χ1n) is 5.96. The molecule has 0 aromatic carbocycles. The molecule has 4 heteroatoms. The monoisotopic (exact) mass is 229 g/mol. The summed E-state index contributed by atoms with van der Waals surface area (Å²) in [6.07, 6.45) is 2.49. The third kappa shape index (κ3) is 2.17. The molecule has 0 saturated carbocycles. The van der Waals surface area contributed by atoms with Crippen LogP contribution < -0.4 is 0 Å². The van der Waals surface area contributed by atoms with Crippen LogP contribution in [0.25, 0.3) is 0 Å². The highest BCUT2D eigenvalue weighted by Gasteiger charge is 2.49. The van der Waals surface area contributed by atoms with Crippen LogP contribution in [0.4, 0.5) is 4.79 Å². The second-order valence-electron chi connectivity index (χ2n) is 5.65. The summed E-state index contributed by atoms with van der Waals surface area (Å²) in [6, 6.07) is 0. The number of nitrogens with zero attached hydrogens (tertiary/aromatic N) is 1. The number of aliphatic hydroxyl groups is 1. The van der Waals surface area contributed by atoms with Crippen LogP contribution in [-0.4, -0.2) is 39.9 Å². The number of rotatable bonds is 2. The number of amides is 1. The van der Waals surface area contributed by atoms with Gasteiger partial charge in [0.05, 0.1) is 5.54 Å². The third-order valence-electron chi connectivity index (χ3n) is 3.89. The zero-order valence-corrected chi connectivity index (χ0v) is 10.5. The van der Waals surface area contributed by atoms with Gasteiger partial charge in [-0.3, -0.25) is 0 Å². The van der Waals surface area contributed by atoms with Crippen molar-refractivity contribution in [2.24, 2.45) is 5.41 Å². The molecule has 0 spiro atoms. The lowest BCUT2D eigenvalue weighted by molar-refractivity contribution is -0.0391. The van der Waals surface area contributed by atoms with Crippen molar-refractivity contribution in [2.75, 3.05) is 13.2 Å². The Balaban J connectivity index is 3.08. The first-order chi connectivity index (χ1) is 7.35. The molecule has 0 bridgehead atoms. The van der Waals surface area contributed by atoms with Gasteiger partial charge in [0.25, 0.3) is 0 Å². The Labute approximate surface area is 97.3 Å². The van der Waals surface area contributed by atoms with E-state index in [0.717, 1.165) is 19.3 Å². The molecule has 16 heavy (non-hydrogen) atoms. The number of hydrogen-bond acceptors (Lipinski definition) is 2. The summed E-state index contributed by atoms with van der Waals surface area (Å²) in [6.45, 7) is 6.81. The molecule has 0 aliphatic carbocycles. The topological polar surface area (TPSA) is 60.8 Å². The zero-order chi connectivity index (χ0) is 12.4. The van der Waals surface area contributed by atoms with Gasteiger partial charge in [0.15, 0.2) is 0 Å². The van der Waals surface area contributed by atoms with Crippen molar-refractivity contribution in [3.05, 3.63) is 0 Å². The van der Waals surface area contributed by atoms with Crippen LogP contribution in [0.5, 0.6) is 0 Å². The van der Waals surface area contributed by atoms with E-state index in [1.807, 2.05) is 0 Å². The summed E-state index contributed by atoms with van der Waals surface area (Å²) in [5.74, 6) is 0. The van der Waals surface area contributed by atoms with Crippen molar-refractivity contribution in [1.29, 1.82) is 0 Å². The Morgan fingerprint density at radius 1 is 1.38 bits per heavy atom.